The third-order valence-corrected chi connectivity index (χ3v) is 3.91. The number of piperazine rings is 1. The molecule has 1 aliphatic heterocycles. The van der Waals surface area contributed by atoms with Crippen LogP contribution in [0.1, 0.15) is 17.3 Å². The van der Waals surface area contributed by atoms with E-state index in [4.69, 9.17) is 4.74 Å². The fourth-order valence-corrected chi connectivity index (χ4v) is 2.66. The van der Waals surface area contributed by atoms with Crippen molar-refractivity contribution in [3.05, 3.63) is 34.1 Å². The summed E-state index contributed by atoms with van der Waals surface area (Å²) in [4.78, 5) is 27.2. The molecule has 5 nitrogen and oxygen atoms in total. The third kappa shape index (κ3) is 3.72. The Kier molecular flexibility index (Phi) is 5.17. The fourth-order valence-electron chi connectivity index (χ4n) is 2.14. The second kappa shape index (κ2) is 6.89. The van der Waals surface area contributed by atoms with Gasteiger partial charge in [-0.3, -0.25) is 4.79 Å². The van der Waals surface area contributed by atoms with E-state index in [1.54, 1.807) is 16.7 Å². The van der Waals surface area contributed by atoms with E-state index in [0.717, 1.165) is 0 Å². The topological polar surface area (TPSA) is 49.9 Å². The van der Waals surface area contributed by atoms with Crippen LogP contribution in [0.25, 0.3) is 0 Å². The average molecular weight is 359 g/mol. The molecule has 1 fully saturated rings. The van der Waals surface area contributed by atoms with Gasteiger partial charge in [0.2, 0.25) is 0 Å². The predicted octanol–water partition coefficient (Wildman–Crippen LogP) is 2.50. The summed E-state index contributed by atoms with van der Waals surface area (Å²) in [6, 6.07) is 3.98. The van der Waals surface area contributed by atoms with Gasteiger partial charge in [-0.2, -0.15) is 0 Å². The molecule has 2 amide bonds. The maximum Gasteiger partial charge on any atom is 0.409 e. The Hall–Kier alpha value is -1.63. The van der Waals surface area contributed by atoms with Crippen LogP contribution < -0.4 is 0 Å². The molecule has 21 heavy (non-hydrogen) atoms. The van der Waals surface area contributed by atoms with E-state index >= 15 is 0 Å². The predicted molar refractivity (Wildman–Crippen MR) is 78.6 cm³/mol. The first-order valence-corrected chi connectivity index (χ1v) is 7.48. The fraction of sp³-hybridized carbons (Fsp3) is 0.429. The second-order valence-corrected chi connectivity index (χ2v) is 5.46. The summed E-state index contributed by atoms with van der Waals surface area (Å²) in [5.74, 6) is -0.573. The normalized spacial score (nSPS) is 15.0. The lowest BCUT2D eigenvalue weighted by molar-refractivity contribution is 0.0569. The zero-order valence-electron chi connectivity index (χ0n) is 11.6. The highest BCUT2D eigenvalue weighted by Crippen LogP contribution is 2.20. The van der Waals surface area contributed by atoms with Crippen molar-refractivity contribution >= 4 is 27.9 Å². The summed E-state index contributed by atoms with van der Waals surface area (Å²) < 4.78 is 18.4. The number of benzene rings is 1. The Morgan fingerprint density at radius 3 is 2.43 bits per heavy atom. The highest BCUT2D eigenvalue weighted by molar-refractivity contribution is 9.10. The van der Waals surface area contributed by atoms with Crippen LogP contribution in [-0.4, -0.2) is 54.6 Å². The summed E-state index contributed by atoms with van der Waals surface area (Å²) in [5.41, 5.74) is 0.418. The summed E-state index contributed by atoms with van der Waals surface area (Å²) in [7, 11) is 0. The van der Waals surface area contributed by atoms with Gasteiger partial charge in [-0.1, -0.05) is 0 Å². The number of amides is 2. The van der Waals surface area contributed by atoms with Crippen molar-refractivity contribution in [1.82, 2.24) is 9.80 Å². The minimum atomic E-state index is -0.398. The molecule has 0 saturated carbocycles. The van der Waals surface area contributed by atoms with E-state index in [-0.39, 0.29) is 12.0 Å². The van der Waals surface area contributed by atoms with Crippen LogP contribution in [0.15, 0.2) is 22.7 Å². The zero-order chi connectivity index (χ0) is 15.4. The molecule has 1 heterocycles. The molecule has 1 aromatic rings. The molecule has 0 atom stereocenters. The molecular weight excluding hydrogens is 343 g/mol. The number of carbonyl (C=O) groups excluding carboxylic acids is 2. The molecule has 0 aliphatic carbocycles. The van der Waals surface area contributed by atoms with Crippen LogP contribution in [0, 0.1) is 5.82 Å². The van der Waals surface area contributed by atoms with Gasteiger partial charge in [0.25, 0.3) is 5.91 Å². The maximum absolute atomic E-state index is 13.1. The van der Waals surface area contributed by atoms with Gasteiger partial charge in [-0.15, -0.1) is 0 Å². The highest BCUT2D eigenvalue weighted by atomic mass is 79.9. The summed E-state index contributed by atoms with van der Waals surface area (Å²) in [6.07, 6.45) is -0.354. The number of ether oxygens (including phenoxy) is 1. The van der Waals surface area contributed by atoms with Crippen molar-refractivity contribution in [2.24, 2.45) is 0 Å². The van der Waals surface area contributed by atoms with Crippen molar-refractivity contribution in [1.29, 1.82) is 0 Å². The molecule has 1 aromatic carbocycles. The van der Waals surface area contributed by atoms with E-state index in [2.05, 4.69) is 15.9 Å². The SMILES string of the molecule is CCOC(=O)N1CCN(C(=O)c2ccc(F)cc2Br)CC1. The monoisotopic (exact) mass is 358 g/mol. The molecule has 1 aliphatic rings. The molecule has 1 saturated heterocycles. The Balaban J connectivity index is 1.98. The Bertz CT molecular complexity index is 545. The van der Waals surface area contributed by atoms with Gasteiger partial charge in [-0.05, 0) is 41.1 Å². The number of hydrogen-bond acceptors (Lipinski definition) is 3. The van der Waals surface area contributed by atoms with Crippen molar-refractivity contribution in [3.63, 3.8) is 0 Å². The van der Waals surface area contributed by atoms with Gasteiger partial charge in [0, 0.05) is 30.7 Å². The minimum absolute atomic E-state index is 0.176. The quantitative estimate of drug-likeness (QED) is 0.815. The lowest BCUT2D eigenvalue weighted by atomic mass is 10.2. The van der Waals surface area contributed by atoms with Gasteiger partial charge < -0.3 is 14.5 Å². The molecule has 0 bridgehead atoms. The molecule has 114 valence electrons. The molecular formula is C14H16BrFN2O3. The zero-order valence-corrected chi connectivity index (χ0v) is 13.2. The Labute approximate surface area is 130 Å². The van der Waals surface area contributed by atoms with E-state index < -0.39 is 5.82 Å². The lowest BCUT2D eigenvalue weighted by Gasteiger charge is -2.34. The van der Waals surface area contributed by atoms with Crippen LogP contribution in [0.4, 0.5) is 9.18 Å². The number of halogens is 2. The maximum atomic E-state index is 13.1. The lowest BCUT2D eigenvalue weighted by Crippen LogP contribution is -2.50. The molecule has 0 aromatic heterocycles. The largest absolute Gasteiger partial charge is 0.450 e. The van der Waals surface area contributed by atoms with Gasteiger partial charge >= 0.3 is 6.09 Å². The van der Waals surface area contributed by atoms with E-state index in [0.29, 0.717) is 42.8 Å². The van der Waals surface area contributed by atoms with Gasteiger partial charge in [0.15, 0.2) is 0 Å². The molecule has 0 radical (unpaired) electrons. The van der Waals surface area contributed by atoms with Gasteiger partial charge in [-0.25, -0.2) is 9.18 Å². The van der Waals surface area contributed by atoms with Crippen molar-refractivity contribution < 1.29 is 18.7 Å². The van der Waals surface area contributed by atoms with Crippen LogP contribution in [0.2, 0.25) is 0 Å². The summed E-state index contributed by atoms with van der Waals surface area (Å²) in [5, 5.41) is 0. The molecule has 2 rings (SSSR count). The van der Waals surface area contributed by atoms with Crippen molar-refractivity contribution in [2.75, 3.05) is 32.8 Å². The van der Waals surface area contributed by atoms with Crippen LogP contribution in [0.5, 0.6) is 0 Å². The van der Waals surface area contributed by atoms with E-state index in [1.165, 1.54) is 18.2 Å². The minimum Gasteiger partial charge on any atom is -0.450 e. The molecule has 7 heteroatoms. The first kappa shape index (κ1) is 15.8. The van der Waals surface area contributed by atoms with Crippen molar-refractivity contribution in [3.8, 4) is 0 Å². The van der Waals surface area contributed by atoms with Gasteiger partial charge in [0.1, 0.15) is 5.82 Å². The number of carbonyl (C=O) groups is 2. The smallest absolute Gasteiger partial charge is 0.409 e. The van der Waals surface area contributed by atoms with Crippen LogP contribution in [0.3, 0.4) is 0 Å². The number of hydrogen-bond donors (Lipinski definition) is 0. The van der Waals surface area contributed by atoms with Crippen LogP contribution in [-0.2, 0) is 4.74 Å². The Morgan fingerprint density at radius 2 is 1.86 bits per heavy atom. The molecule has 0 N–H and O–H groups in total. The van der Waals surface area contributed by atoms with Gasteiger partial charge in [0.05, 0.1) is 12.2 Å². The number of rotatable bonds is 2. The summed E-state index contributed by atoms with van der Waals surface area (Å²) in [6.45, 7) is 3.82. The van der Waals surface area contributed by atoms with Crippen molar-refractivity contribution in [2.45, 2.75) is 6.92 Å². The Morgan fingerprint density at radius 1 is 1.24 bits per heavy atom. The van der Waals surface area contributed by atoms with E-state index in [9.17, 15) is 14.0 Å². The van der Waals surface area contributed by atoms with E-state index in [1.807, 2.05) is 0 Å². The number of nitrogens with zero attached hydrogens (tertiary/aromatic N) is 2. The average Bonchev–Trinajstić information content (AvgIpc) is 2.47. The molecule has 0 unspecified atom stereocenters. The van der Waals surface area contributed by atoms with Crippen LogP contribution >= 0.6 is 15.9 Å². The standard InChI is InChI=1S/C14H16BrFN2O3/c1-2-21-14(20)18-7-5-17(6-8-18)13(19)11-4-3-10(16)9-12(11)15/h3-4,9H,2,5-8H2,1H3. The highest BCUT2D eigenvalue weighted by Gasteiger charge is 2.26. The summed E-state index contributed by atoms with van der Waals surface area (Å²) >= 11 is 3.20. The first-order chi connectivity index (χ1) is 10.0. The second-order valence-electron chi connectivity index (χ2n) is 4.60. The third-order valence-electron chi connectivity index (χ3n) is 3.25. The first-order valence-electron chi connectivity index (χ1n) is 6.69. The molecule has 0 spiro atoms.